The number of nitrogens with zero attached hydrogens (tertiary/aromatic N) is 1. The van der Waals surface area contributed by atoms with Gasteiger partial charge in [-0.1, -0.05) is 188 Å². The third-order valence-electron chi connectivity index (χ3n) is 13.7. The number of allylic oxidation sites excluding steroid dienone is 8. The van der Waals surface area contributed by atoms with E-state index in [0.29, 0.717) is 0 Å². The molecule has 0 saturated carbocycles. The van der Waals surface area contributed by atoms with Crippen molar-refractivity contribution in [3.8, 4) is 22.3 Å². The summed E-state index contributed by atoms with van der Waals surface area (Å²) in [4.78, 5) is 2.47. The zero-order chi connectivity index (χ0) is 40.1. The van der Waals surface area contributed by atoms with E-state index in [4.69, 9.17) is 4.42 Å². The molecule has 61 heavy (non-hydrogen) atoms. The highest BCUT2D eigenvalue weighted by molar-refractivity contribution is 6.11. The van der Waals surface area contributed by atoms with Crippen molar-refractivity contribution < 1.29 is 4.42 Å². The van der Waals surface area contributed by atoms with Gasteiger partial charge in [-0.3, -0.25) is 0 Å². The molecule has 2 nitrogen and oxygen atoms in total. The summed E-state index contributed by atoms with van der Waals surface area (Å²) in [6, 6.07) is 69.3. The van der Waals surface area contributed by atoms with E-state index in [1.54, 1.807) is 0 Å². The van der Waals surface area contributed by atoms with Gasteiger partial charge >= 0.3 is 0 Å². The molecule has 0 fully saturated rings. The summed E-state index contributed by atoms with van der Waals surface area (Å²) >= 11 is 0. The fraction of sp³-hybridized carbons (Fsp3) is 0.0508. The Kier molecular flexibility index (Phi) is 7.38. The summed E-state index contributed by atoms with van der Waals surface area (Å²) in [6.45, 7) is 0. The van der Waals surface area contributed by atoms with Crippen LogP contribution in [-0.4, -0.2) is 0 Å². The van der Waals surface area contributed by atoms with Gasteiger partial charge in [-0.05, 0) is 104 Å². The Morgan fingerprint density at radius 3 is 1.85 bits per heavy atom. The lowest BCUT2D eigenvalue weighted by Crippen LogP contribution is -2.26. The van der Waals surface area contributed by atoms with E-state index in [0.717, 1.165) is 45.4 Å². The van der Waals surface area contributed by atoms with Crippen LogP contribution in [0.3, 0.4) is 0 Å². The van der Waals surface area contributed by atoms with Gasteiger partial charge in [0.25, 0.3) is 0 Å². The van der Waals surface area contributed by atoms with Crippen molar-refractivity contribution in [1.82, 2.24) is 0 Å². The average molecular weight is 778 g/mol. The summed E-state index contributed by atoms with van der Waals surface area (Å²) in [7, 11) is 0. The highest BCUT2D eigenvalue weighted by atomic mass is 16.3. The zero-order valence-corrected chi connectivity index (χ0v) is 33.4. The molecule has 1 heterocycles. The molecule has 1 atom stereocenters. The molecule has 0 saturated heterocycles. The van der Waals surface area contributed by atoms with Gasteiger partial charge in [0, 0.05) is 27.9 Å². The lowest BCUT2D eigenvalue weighted by Gasteiger charge is -2.34. The minimum atomic E-state index is -0.474. The van der Waals surface area contributed by atoms with E-state index in [2.05, 4.69) is 223 Å². The van der Waals surface area contributed by atoms with Crippen LogP contribution in [-0.2, 0) is 5.41 Å². The van der Waals surface area contributed by atoms with Gasteiger partial charge in [0.15, 0.2) is 5.58 Å². The molecule has 0 bridgehead atoms. The third kappa shape index (κ3) is 4.79. The van der Waals surface area contributed by atoms with Gasteiger partial charge in [0.05, 0.1) is 16.8 Å². The maximum Gasteiger partial charge on any atom is 0.159 e. The maximum absolute atomic E-state index is 6.90. The second kappa shape index (κ2) is 13.2. The highest BCUT2D eigenvalue weighted by Crippen LogP contribution is 2.63. The Morgan fingerprint density at radius 2 is 1.10 bits per heavy atom. The number of fused-ring (bicyclic) bond motifs is 14. The first-order valence-corrected chi connectivity index (χ1v) is 21.4. The van der Waals surface area contributed by atoms with Crippen molar-refractivity contribution in [3.05, 3.63) is 257 Å². The molecule has 0 N–H and O–H groups in total. The van der Waals surface area contributed by atoms with Gasteiger partial charge in [-0.15, -0.1) is 0 Å². The maximum atomic E-state index is 6.90. The lowest BCUT2D eigenvalue weighted by atomic mass is 9.70. The van der Waals surface area contributed by atoms with Crippen LogP contribution in [0.4, 0.5) is 17.1 Å². The lowest BCUT2D eigenvalue weighted by molar-refractivity contribution is 0.669. The molecule has 2 heteroatoms. The topological polar surface area (TPSA) is 16.4 Å². The molecule has 13 rings (SSSR count). The molecule has 9 aromatic rings. The average Bonchev–Trinajstić information content (AvgIpc) is 3.96. The largest absolute Gasteiger partial charge is 0.454 e. The molecule has 4 aliphatic carbocycles. The van der Waals surface area contributed by atoms with E-state index >= 15 is 0 Å². The quantitative estimate of drug-likeness (QED) is 0.173. The smallest absolute Gasteiger partial charge is 0.159 e. The number of furan rings is 1. The van der Waals surface area contributed by atoms with Crippen LogP contribution in [0.1, 0.15) is 39.8 Å². The molecule has 8 aromatic carbocycles. The number of hydrogen-bond acceptors (Lipinski definition) is 2. The monoisotopic (exact) mass is 777 g/mol. The van der Waals surface area contributed by atoms with E-state index in [-0.39, 0.29) is 5.92 Å². The van der Waals surface area contributed by atoms with Crippen LogP contribution in [0.2, 0.25) is 0 Å². The number of rotatable bonds is 5. The van der Waals surface area contributed by atoms with Crippen LogP contribution in [0, 0.1) is 5.92 Å². The summed E-state index contributed by atoms with van der Waals surface area (Å²) in [6.07, 6.45) is 12.4. The number of para-hydroxylation sites is 3. The van der Waals surface area contributed by atoms with Crippen LogP contribution in [0.5, 0.6) is 0 Å². The Hall–Kier alpha value is -7.68. The molecule has 1 unspecified atom stereocenters. The second-order valence-electron chi connectivity index (χ2n) is 16.6. The minimum absolute atomic E-state index is 0.258. The molecule has 0 aliphatic heterocycles. The van der Waals surface area contributed by atoms with E-state index in [1.807, 2.05) is 0 Å². The van der Waals surface area contributed by atoms with E-state index in [1.165, 1.54) is 72.4 Å². The summed E-state index contributed by atoms with van der Waals surface area (Å²) < 4.78 is 6.90. The summed E-state index contributed by atoms with van der Waals surface area (Å²) in [5, 5.41) is 2.22. The van der Waals surface area contributed by atoms with E-state index < -0.39 is 5.41 Å². The van der Waals surface area contributed by atoms with Gasteiger partial charge in [-0.25, -0.2) is 0 Å². The van der Waals surface area contributed by atoms with Gasteiger partial charge in [0.1, 0.15) is 5.58 Å². The van der Waals surface area contributed by atoms with Crippen LogP contribution in [0.15, 0.2) is 228 Å². The van der Waals surface area contributed by atoms with Crippen LogP contribution < -0.4 is 4.90 Å². The first kappa shape index (κ1) is 34.2. The molecule has 0 amide bonds. The highest BCUT2D eigenvalue weighted by Gasteiger charge is 2.51. The van der Waals surface area contributed by atoms with Crippen molar-refractivity contribution >= 4 is 50.1 Å². The van der Waals surface area contributed by atoms with Crippen LogP contribution >= 0.6 is 0 Å². The third-order valence-corrected chi connectivity index (χ3v) is 13.7. The molecule has 4 aliphatic rings. The molecular formula is C59H39NO. The fourth-order valence-corrected chi connectivity index (χ4v) is 11.2. The molecule has 1 aromatic heterocycles. The van der Waals surface area contributed by atoms with Crippen molar-refractivity contribution in [1.29, 1.82) is 0 Å². The standard InChI is InChI=1S/C59H39NO/c1-2-18-39(19-3-1)57-41-20-5-4-17-38(41)33-35-48(57)46-24-9-14-30-54(46)60(55-31-16-26-49-47-25-10-15-32-56(47)61-58(49)55)40-34-36-45-44-23-8-13-29-52(44)59(53(45)37-40)50-27-11-6-21-42(50)43-22-7-12-28-51(43)59/h1-19,21-37,41H,20H2. The van der Waals surface area contributed by atoms with Crippen molar-refractivity contribution in [2.24, 2.45) is 5.92 Å². The van der Waals surface area contributed by atoms with Gasteiger partial charge in [0.2, 0.25) is 0 Å². The molecule has 0 radical (unpaired) electrons. The zero-order valence-electron chi connectivity index (χ0n) is 33.4. The number of benzene rings is 8. The minimum Gasteiger partial charge on any atom is -0.454 e. The Morgan fingerprint density at radius 1 is 0.492 bits per heavy atom. The van der Waals surface area contributed by atoms with Crippen LogP contribution in [0.25, 0.3) is 55.3 Å². The van der Waals surface area contributed by atoms with Gasteiger partial charge < -0.3 is 9.32 Å². The number of anilines is 3. The molecule has 286 valence electrons. The van der Waals surface area contributed by atoms with Crippen molar-refractivity contribution in [2.75, 3.05) is 4.90 Å². The molecular weight excluding hydrogens is 739 g/mol. The predicted octanol–water partition coefficient (Wildman–Crippen LogP) is 15.4. The normalized spacial score (nSPS) is 16.3. The Balaban J connectivity index is 1.12. The SMILES string of the molecule is C1=CCC2C(=C1)C=CC(c1ccccc1N(c1ccc3c(c1)C1(c4ccccc4-c4ccccc41)c1ccccc1-3)c1cccc3c1oc1ccccc13)=C2c1ccccc1. The Labute approximate surface area is 355 Å². The van der Waals surface area contributed by atoms with Gasteiger partial charge in [-0.2, -0.15) is 0 Å². The Bertz CT molecular complexity index is 3350. The second-order valence-corrected chi connectivity index (χ2v) is 16.6. The predicted molar refractivity (Wildman–Crippen MR) is 252 cm³/mol. The van der Waals surface area contributed by atoms with E-state index in [9.17, 15) is 0 Å². The summed E-state index contributed by atoms with van der Waals surface area (Å²) in [5.74, 6) is 0.258. The van der Waals surface area contributed by atoms with Crippen molar-refractivity contribution in [3.63, 3.8) is 0 Å². The summed E-state index contributed by atoms with van der Waals surface area (Å²) in [5.41, 5.74) is 21.3. The first-order chi connectivity index (χ1) is 30.3. The van der Waals surface area contributed by atoms with Crippen molar-refractivity contribution in [2.45, 2.75) is 11.8 Å². The number of hydrogen-bond donors (Lipinski definition) is 0. The first-order valence-electron chi connectivity index (χ1n) is 21.4. The fourth-order valence-electron chi connectivity index (χ4n) is 11.2. The molecule has 1 spiro atoms.